The average Bonchev–Trinajstić information content (AvgIpc) is 2.94. The second kappa shape index (κ2) is 4.32. The molecule has 1 aromatic rings. The number of nitrogens with one attached hydrogen (secondary N) is 2. The number of hydrogen-bond acceptors (Lipinski definition) is 4. The first-order chi connectivity index (χ1) is 8.57. The molecule has 0 radical (unpaired) electrons. The Bertz CT molecular complexity index is 525. The van der Waals surface area contributed by atoms with E-state index in [2.05, 4.69) is 15.3 Å². The lowest BCUT2D eigenvalue weighted by Crippen LogP contribution is -2.41. The molecule has 0 spiro atoms. The molecular formula is C11H18N4O2S. The second-order valence-electron chi connectivity index (χ2n) is 5.12. The van der Waals surface area contributed by atoms with Gasteiger partial charge < -0.3 is 10.3 Å². The first-order valence-corrected chi connectivity index (χ1v) is 7.76. The Morgan fingerprint density at radius 1 is 1.44 bits per heavy atom. The third-order valence-corrected chi connectivity index (χ3v) is 5.60. The van der Waals surface area contributed by atoms with Gasteiger partial charge in [0.25, 0.3) is 10.0 Å². The minimum Gasteiger partial charge on any atom is -0.332 e. The van der Waals surface area contributed by atoms with Gasteiger partial charge in [0, 0.05) is 19.1 Å². The molecule has 2 unspecified atom stereocenters. The zero-order valence-corrected chi connectivity index (χ0v) is 11.2. The van der Waals surface area contributed by atoms with Gasteiger partial charge in [0.1, 0.15) is 5.82 Å². The molecule has 2 N–H and O–H groups in total. The van der Waals surface area contributed by atoms with Crippen LogP contribution in [0.4, 0.5) is 0 Å². The third-order valence-electron chi connectivity index (χ3n) is 3.86. The van der Waals surface area contributed by atoms with Crippen LogP contribution in [0.2, 0.25) is 0 Å². The average molecular weight is 270 g/mol. The summed E-state index contributed by atoms with van der Waals surface area (Å²) in [6.07, 6.45) is 3.66. The largest absolute Gasteiger partial charge is 0.332 e. The van der Waals surface area contributed by atoms with E-state index in [1.54, 1.807) is 11.2 Å². The maximum atomic E-state index is 12.4. The van der Waals surface area contributed by atoms with Crippen molar-refractivity contribution in [3.05, 3.63) is 12.0 Å². The number of H-pyrrole nitrogens is 1. The van der Waals surface area contributed by atoms with E-state index in [1.165, 1.54) is 6.20 Å². The normalized spacial score (nSPS) is 29.4. The van der Waals surface area contributed by atoms with Gasteiger partial charge in [-0.3, -0.25) is 0 Å². The molecule has 2 aliphatic heterocycles. The van der Waals surface area contributed by atoms with Crippen LogP contribution in [-0.2, 0) is 10.0 Å². The van der Waals surface area contributed by atoms with E-state index in [0.29, 0.717) is 30.9 Å². The minimum atomic E-state index is -3.40. The number of nitrogens with zero attached hydrogens (tertiary/aromatic N) is 2. The van der Waals surface area contributed by atoms with Crippen molar-refractivity contribution in [3.8, 4) is 0 Å². The van der Waals surface area contributed by atoms with Gasteiger partial charge in [0.2, 0.25) is 0 Å². The Labute approximate surface area is 107 Å². The molecule has 2 saturated heterocycles. The number of fused-ring (bicyclic) bond motifs is 1. The zero-order chi connectivity index (χ0) is 12.8. The summed E-state index contributed by atoms with van der Waals surface area (Å²) in [6.45, 7) is 3.95. The third kappa shape index (κ3) is 1.96. The summed E-state index contributed by atoms with van der Waals surface area (Å²) in [4.78, 5) is 6.78. The minimum absolute atomic E-state index is 0.207. The van der Waals surface area contributed by atoms with Gasteiger partial charge in [-0.05, 0) is 32.2 Å². The highest BCUT2D eigenvalue weighted by atomic mass is 32.2. The van der Waals surface area contributed by atoms with Crippen LogP contribution >= 0.6 is 0 Å². The molecule has 0 aliphatic carbocycles. The molecule has 0 saturated carbocycles. The lowest BCUT2D eigenvalue weighted by Gasteiger charge is -2.24. The Kier molecular flexibility index (Phi) is 2.91. The van der Waals surface area contributed by atoms with E-state index in [1.807, 2.05) is 0 Å². The predicted molar refractivity (Wildman–Crippen MR) is 66.6 cm³/mol. The summed E-state index contributed by atoms with van der Waals surface area (Å²) in [5, 5.41) is 3.61. The monoisotopic (exact) mass is 270 g/mol. The highest BCUT2D eigenvalue weighted by Gasteiger charge is 2.40. The van der Waals surface area contributed by atoms with Crippen molar-refractivity contribution in [2.45, 2.75) is 30.8 Å². The Hall–Kier alpha value is -0.920. The highest BCUT2D eigenvalue weighted by Crippen LogP contribution is 2.28. The Balaban J connectivity index is 1.83. The Morgan fingerprint density at radius 2 is 2.28 bits per heavy atom. The quantitative estimate of drug-likeness (QED) is 0.798. The molecule has 7 heteroatoms. The molecule has 2 atom stereocenters. The molecule has 100 valence electrons. The van der Waals surface area contributed by atoms with Crippen molar-refractivity contribution >= 4 is 10.0 Å². The zero-order valence-electron chi connectivity index (χ0n) is 10.4. The molecule has 18 heavy (non-hydrogen) atoms. The Morgan fingerprint density at radius 3 is 2.94 bits per heavy atom. The van der Waals surface area contributed by atoms with Gasteiger partial charge in [-0.25, -0.2) is 13.4 Å². The lowest BCUT2D eigenvalue weighted by atomic mass is 9.94. The molecule has 1 aromatic heterocycles. The highest BCUT2D eigenvalue weighted by molar-refractivity contribution is 7.89. The fourth-order valence-corrected chi connectivity index (χ4v) is 4.36. The fraction of sp³-hybridized carbons (Fsp3) is 0.727. The van der Waals surface area contributed by atoms with E-state index < -0.39 is 10.0 Å². The number of sulfonamides is 1. The molecule has 0 aromatic carbocycles. The van der Waals surface area contributed by atoms with Crippen molar-refractivity contribution < 1.29 is 8.42 Å². The van der Waals surface area contributed by atoms with E-state index in [0.717, 1.165) is 19.4 Å². The van der Waals surface area contributed by atoms with E-state index in [9.17, 15) is 8.42 Å². The van der Waals surface area contributed by atoms with Crippen LogP contribution in [0.3, 0.4) is 0 Å². The van der Waals surface area contributed by atoms with Gasteiger partial charge in [-0.1, -0.05) is 0 Å². The molecule has 2 fully saturated rings. The van der Waals surface area contributed by atoms with Gasteiger partial charge >= 0.3 is 0 Å². The molecule has 3 heterocycles. The number of aromatic amines is 1. The summed E-state index contributed by atoms with van der Waals surface area (Å²) < 4.78 is 26.4. The van der Waals surface area contributed by atoms with Crippen molar-refractivity contribution in [2.24, 2.45) is 5.92 Å². The van der Waals surface area contributed by atoms with Crippen LogP contribution < -0.4 is 5.32 Å². The number of rotatable bonds is 2. The summed E-state index contributed by atoms with van der Waals surface area (Å²) in [5.74, 6) is 1.08. The number of aryl methyl sites for hydroxylation is 1. The van der Waals surface area contributed by atoms with E-state index >= 15 is 0 Å². The SMILES string of the molecule is Cc1ncc(S(=O)(=O)N2CC3CCCNC3C2)[nH]1. The van der Waals surface area contributed by atoms with Crippen LogP contribution in [-0.4, -0.2) is 48.4 Å². The van der Waals surface area contributed by atoms with E-state index in [-0.39, 0.29) is 5.03 Å². The molecular weight excluding hydrogens is 252 g/mol. The number of aromatic nitrogens is 2. The maximum absolute atomic E-state index is 12.4. The van der Waals surface area contributed by atoms with Crippen molar-refractivity contribution in [1.82, 2.24) is 19.6 Å². The smallest absolute Gasteiger partial charge is 0.260 e. The number of hydrogen-bond donors (Lipinski definition) is 2. The standard InChI is InChI=1S/C11H18N4O2S/c1-8-13-5-11(14-8)18(16,17)15-6-9-3-2-4-12-10(9)7-15/h5,9-10,12H,2-4,6-7H2,1H3,(H,13,14). The van der Waals surface area contributed by atoms with Crippen molar-refractivity contribution in [1.29, 1.82) is 0 Å². The van der Waals surface area contributed by atoms with Crippen molar-refractivity contribution in [3.63, 3.8) is 0 Å². The fourth-order valence-electron chi connectivity index (χ4n) is 2.87. The molecule has 6 nitrogen and oxygen atoms in total. The summed E-state index contributed by atoms with van der Waals surface area (Å²) >= 11 is 0. The van der Waals surface area contributed by atoms with Gasteiger partial charge in [-0.15, -0.1) is 0 Å². The second-order valence-corrected chi connectivity index (χ2v) is 7.02. The maximum Gasteiger partial charge on any atom is 0.260 e. The van der Waals surface area contributed by atoms with Crippen LogP contribution in [0.5, 0.6) is 0 Å². The van der Waals surface area contributed by atoms with E-state index in [4.69, 9.17) is 0 Å². The van der Waals surface area contributed by atoms with Crippen LogP contribution in [0.15, 0.2) is 11.2 Å². The van der Waals surface area contributed by atoms with Crippen LogP contribution in [0, 0.1) is 12.8 Å². The summed E-state index contributed by atoms with van der Waals surface area (Å²) in [5.41, 5.74) is 0. The lowest BCUT2D eigenvalue weighted by molar-refractivity contribution is 0.339. The van der Waals surface area contributed by atoms with Gasteiger partial charge in [0.15, 0.2) is 5.03 Å². The first kappa shape index (κ1) is 12.1. The molecule has 3 rings (SSSR count). The molecule has 0 bridgehead atoms. The van der Waals surface area contributed by atoms with Gasteiger partial charge in [-0.2, -0.15) is 4.31 Å². The number of piperidine rings is 1. The summed E-state index contributed by atoms with van der Waals surface area (Å²) in [6, 6.07) is 0.317. The summed E-state index contributed by atoms with van der Waals surface area (Å²) in [7, 11) is -3.40. The molecule has 0 amide bonds. The topological polar surface area (TPSA) is 78.1 Å². The number of imidazole rings is 1. The van der Waals surface area contributed by atoms with Crippen LogP contribution in [0.25, 0.3) is 0 Å². The van der Waals surface area contributed by atoms with Crippen LogP contribution in [0.1, 0.15) is 18.7 Å². The predicted octanol–water partition coefficient (Wildman–Crippen LogP) is 0.0906. The van der Waals surface area contributed by atoms with Crippen molar-refractivity contribution in [2.75, 3.05) is 19.6 Å². The van der Waals surface area contributed by atoms with Gasteiger partial charge in [0.05, 0.1) is 6.20 Å². The first-order valence-electron chi connectivity index (χ1n) is 6.32. The molecule has 2 aliphatic rings.